The van der Waals surface area contributed by atoms with Gasteiger partial charge in [0.2, 0.25) is 0 Å². The molecule has 1 spiro atoms. The first-order valence-electron chi connectivity index (χ1n) is 18.3. The van der Waals surface area contributed by atoms with E-state index in [9.17, 15) is 0 Å². The lowest BCUT2D eigenvalue weighted by molar-refractivity contribution is 0.436. The van der Waals surface area contributed by atoms with Crippen LogP contribution in [0.1, 0.15) is 22.3 Å². The van der Waals surface area contributed by atoms with Crippen LogP contribution in [-0.4, -0.2) is 15.0 Å². The molecule has 3 heterocycles. The van der Waals surface area contributed by atoms with E-state index in [2.05, 4.69) is 157 Å². The number of hydrogen-bond donors (Lipinski definition) is 0. The van der Waals surface area contributed by atoms with Crippen LogP contribution in [0.3, 0.4) is 0 Å². The predicted molar refractivity (Wildman–Crippen MR) is 216 cm³/mol. The molecular weight excluding hydrogens is 659 g/mol. The zero-order valence-corrected chi connectivity index (χ0v) is 29.1. The predicted octanol–water partition coefficient (Wildman–Crippen LogP) is 12.2. The van der Waals surface area contributed by atoms with Crippen LogP contribution in [-0.2, 0) is 5.41 Å². The quantitative estimate of drug-likeness (QED) is 0.185. The Morgan fingerprint density at radius 3 is 1.69 bits per heavy atom. The smallest absolute Gasteiger partial charge is 0.160 e. The minimum Gasteiger partial charge on any atom is -0.457 e. The van der Waals surface area contributed by atoms with Crippen LogP contribution in [0.2, 0.25) is 0 Å². The Labute approximate surface area is 313 Å². The van der Waals surface area contributed by atoms with E-state index in [4.69, 9.17) is 14.7 Å². The van der Waals surface area contributed by atoms with Crippen molar-refractivity contribution in [2.24, 2.45) is 0 Å². The minimum absolute atomic E-state index is 0.647. The molecule has 0 fully saturated rings. The zero-order valence-electron chi connectivity index (χ0n) is 29.1. The summed E-state index contributed by atoms with van der Waals surface area (Å²) in [6, 6.07) is 62.2. The van der Waals surface area contributed by atoms with Gasteiger partial charge >= 0.3 is 0 Å². The molecule has 0 saturated heterocycles. The normalized spacial score (nSPS) is 13.1. The third kappa shape index (κ3) is 4.53. The van der Waals surface area contributed by atoms with Crippen molar-refractivity contribution in [1.82, 2.24) is 15.0 Å². The number of rotatable bonds is 4. The molecule has 0 amide bonds. The monoisotopic (exact) mass is 689 g/mol. The molecule has 0 N–H and O–H groups in total. The second kappa shape index (κ2) is 11.9. The van der Waals surface area contributed by atoms with Crippen LogP contribution >= 0.6 is 0 Å². The molecule has 0 atom stereocenters. The average Bonchev–Trinajstić information content (AvgIpc) is 3.54. The highest BCUT2D eigenvalue weighted by molar-refractivity contribution is 5.97. The SMILES string of the molecule is c1ccc(-c2cc(-c3ccc4c(c3)C3(c5cc(-c6cccc7cnccc67)ccc5O4)c4ccccc4-c4ccccc43)nc(-c3ccccc3)n2)cc1. The third-order valence-corrected chi connectivity index (χ3v) is 11.1. The van der Waals surface area contributed by atoms with Crippen molar-refractivity contribution in [3.05, 3.63) is 211 Å². The first-order chi connectivity index (χ1) is 26.8. The second-order valence-electron chi connectivity index (χ2n) is 14.0. The second-order valence-corrected chi connectivity index (χ2v) is 14.0. The molecule has 11 rings (SSSR count). The van der Waals surface area contributed by atoms with Crippen molar-refractivity contribution in [1.29, 1.82) is 0 Å². The van der Waals surface area contributed by atoms with Gasteiger partial charge in [0.15, 0.2) is 5.82 Å². The molecule has 4 heteroatoms. The van der Waals surface area contributed by atoms with Gasteiger partial charge in [-0.25, -0.2) is 9.97 Å². The fraction of sp³-hybridized carbons (Fsp3) is 0.0200. The van der Waals surface area contributed by atoms with E-state index in [1.807, 2.05) is 36.7 Å². The van der Waals surface area contributed by atoms with Gasteiger partial charge in [0, 0.05) is 45.6 Å². The van der Waals surface area contributed by atoms with Crippen LogP contribution in [0.25, 0.3) is 66.9 Å². The molecule has 54 heavy (non-hydrogen) atoms. The fourth-order valence-electron chi connectivity index (χ4n) is 8.67. The summed E-state index contributed by atoms with van der Waals surface area (Å²) >= 11 is 0. The molecule has 2 aromatic heterocycles. The van der Waals surface area contributed by atoms with Crippen LogP contribution in [0.15, 0.2) is 188 Å². The van der Waals surface area contributed by atoms with Crippen molar-refractivity contribution < 1.29 is 4.74 Å². The molecule has 0 bridgehead atoms. The molecular formula is C50H31N3O. The molecule has 2 aliphatic rings. The first kappa shape index (κ1) is 30.5. The molecule has 0 saturated carbocycles. The van der Waals surface area contributed by atoms with Crippen LogP contribution in [0, 0.1) is 0 Å². The summed E-state index contributed by atoms with van der Waals surface area (Å²) in [5.41, 5.74) is 13.5. The van der Waals surface area contributed by atoms with Crippen molar-refractivity contribution in [2.75, 3.05) is 0 Å². The number of fused-ring (bicyclic) bond motifs is 10. The Morgan fingerprint density at radius 2 is 0.981 bits per heavy atom. The topological polar surface area (TPSA) is 47.9 Å². The van der Waals surface area contributed by atoms with E-state index in [1.54, 1.807) is 0 Å². The Morgan fingerprint density at radius 1 is 0.407 bits per heavy atom. The Balaban J connectivity index is 1.19. The molecule has 0 radical (unpaired) electrons. The molecule has 1 aliphatic carbocycles. The van der Waals surface area contributed by atoms with Gasteiger partial charge in [-0.15, -0.1) is 0 Å². The van der Waals surface area contributed by atoms with Crippen LogP contribution in [0.4, 0.5) is 0 Å². The van der Waals surface area contributed by atoms with E-state index < -0.39 is 5.41 Å². The molecule has 7 aromatic carbocycles. The highest BCUT2D eigenvalue weighted by atomic mass is 16.5. The molecule has 4 nitrogen and oxygen atoms in total. The maximum atomic E-state index is 6.91. The van der Waals surface area contributed by atoms with Gasteiger partial charge < -0.3 is 4.74 Å². The highest BCUT2D eigenvalue weighted by Gasteiger charge is 2.51. The van der Waals surface area contributed by atoms with Crippen LogP contribution in [0.5, 0.6) is 11.5 Å². The van der Waals surface area contributed by atoms with E-state index in [1.165, 1.54) is 27.6 Å². The zero-order chi connectivity index (χ0) is 35.6. The number of benzene rings is 7. The van der Waals surface area contributed by atoms with Crippen molar-refractivity contribution >= 4 is 10.8 Å². The summed E-state index contributed by atoms with van der Waals surface area (Å²) in [7, 11) is 0. The number of aromatic nitrogens is 3. The summed E-state index contributed by atoms with van der Waals surface area (Å²) in [4.78, 5) is 14.7. The van der Waals surface area contributed by atoms with Gasteiger partial charge in [-0.1, -0.05) is 133 Å². The van der Waals surface area contributed by atoms with Gasteiger partial charge in [0.05, 0.1) is 16.8 Å². The Kier molecular flexibility index (Phi) is 6.73. The first-order valence-corrected chi connectivity index (χ1v) is 18.3. The molecule has 252 valence electrons. The molecule has 1 aliphatic heterocycles. The third-order valence-electron chi connectivity index (χ3n) is 11.1. The minimum atomic E-state index is -0.647. The van der Waals surface area contributed by atoms with E-state index in [0.717, 1.165) is 67.2 Å². The summed E-state index contributed by atoms with van der Waals surface area (Å²) in [5.74, 6) is 2.38. The lowest BCUT2D eigenvalue weighted by atomic mass is 9.65. The summed E-state index contributed by atoms with van der Waals surface area (Å²) in [6.07, 6.45) is 3.80. The van der Waals surface area contributed by atoms with E-state index >= 15 is 0 Å². The lowest BCUT2D eigenvalue weighted by Crippen LogP contribution is -2.32. The number of hydrogen-bond acceptors (Lipinski definition) is 4. The Hall–Kier alpha value is -7.17. The summed E-state index contributed by atoms with van der Waals surface area (Å²) < 4.78 is 6.91. The van der Waals surface area contributed by atoms with Crippen molar-refractivity contribution in [3.8, 4) is 67.7 Å². The number of nitrogens with zero attached hydrogens (tertiary/aromatic N) is 3. The van der Waals surface area contributed by atoms with Gasteiger partial charge in [-0.05, 0) is 81.2 Å². The van der Waals surface area contributed by atoms with Gasteiger partial charge in [-0.3, -0.25) is 4.98 Å². The average molecular weight is 690 g/mol. The lowest BCUT2D eigenvalue weighted by Gasteiger charge is -2.40. The standard InChI is InChI=1S/C50H31N3O/c1-3-12-32(13-4-1)45-30-46(53-49(52-45)33-14-5-2-6-15-33)35-23-25-48-44(29-35)50(41-20-9-7-17-39(41)40-18-8-10-21-42(40)50)43-28-34(22-24-47(43)54-48)37-19-11-16-36-31-51-27-26-38(36)37/h1-31H. The Bertz CT molecular complexity index is 2810. The maximum Gasteiger partial charge on any atom is 0.160 e. The largest absolute Gasteiger partial charge is 0.457 e. The van der Waals surface area contributed by atoms with Gasteiger partial charge in [0.25, 0.3) is 0 Å². The molecule has 9 aromatic rings. The maximum absolute atomic E-state index is 6.91. The summed E-state index contributed by atoms with van der Waals surface area (Å²) in [5, 5.41) is 2.28. The van der Waals surface area contributed by atoms with Crippen molar-refractivity contribution in [2.45, 2.75) is 5.41 Å². The summed E-state index contributed by atoms with van der Waals surface area (Å²) in [6.45, 7) is 0. The van der Waals surface area contributed by atoms with Crippen LogP contribution < -0.4 is 4.74 Å². The fourth-order valence-corrected chi connectivity index (χ4v) is 8.67. The number of ether oxygens (including phenoxy) is 1. The van der Waals surface area contributed by atoms with Gasteiger partial charge in [-0.2, -0.15) is 0 Å². The van der Waals surface area contributed by atoms with E-state index in [0.29, 0.717) is 5.82 Å². The number of pyridine rings is 1. The van der Waals surface area contributed by atoms with E-state index in [-0.39, 0.29) is 0 Å². The molecule has 0 unspecified atom stereocenters. The van der Waals surface area contributed by atoms with Crippen molar-refractivity contribution in [3.63, 3.8) is 0 Å². The highest BCUT2D eigenvalue weighted by Crippen LogP contribution is 2.62. The van der Waals surface area contributed by atoms with Gasteiger partial charge in [0.1, 0.15) is 11.5 Å².